The van der Waals surface area contributed by atoms with Crippen LogP contribution >= 0.6 is 0 Å². The molecular formula is C31H50O7Si. The Labute approximate surface area is 236 Å². The SMILES string of the molecule is COC(CCC1=CC[C@@]2(C)O[C@@]3(C)[C@@H](O[Si](C)(C)C)C[C@H](CCCOCc4ccccc4)O[C@@H]3C[C@@H]2O1)OC. The summed E-state index contributed by atoms with van der Waals surface area (Å²) in [5.41, 5.74) is 0.269. The first kappa shape index (κ1) is 30.7. The van der Waals surface area contributed by atoms with Crippen LogP contribution in [-0.2, 0) is 39.5 Å². The van der Waals surface area contributed by atoms with Gasteiger partial charge in [0.15, 0.2) is 14.6 Å². The van der Waals surface area contributed by atoms with Crippen LogP contribution in [0.25, 0.3) is 0 Å². The Morgan fingerprint density at radius 3 is 2.46 bits per heavy atom. The van der Waals surface area contributed by atoms with Crippen LogP contribution in [0, 0.1) is 0 Å². The lowest BCUT2D eigenvalue weighted by Crippen LogP contribution is -2.70. The molecule has 0 amide bonds. The fourth-order valence-corrected chi connectivity index (χ4v) is 7.32. The Hall–Kier alpha value is -1.26. The van der Waals surface area contributed by atoms with E-state index in [1.807, 2.05) is 18.2 Å². The van der Waals surface area contributed by atoms with Crippen LogP contribution in [0.3, 0.4) is 0 Å². The van der Waals surface area contributed by atoms with Crippen molar-refractivity contribution in [2.45, 2.75) is 127 Å². The summed E-state index contributed by atoms with van der Waals surface area (Å²) < 4.78 is 43.8. The molecule has 0 aromatic heterocycles. The maximum atomic E-state index is 7.01. The van der Waals surface area contributed by atoms with Crippen molar-refractivity contribution in [1.29, 1.82) is 0 Å². The van der Waals surface area contributed by atoms with Crippen molar-refractivity contribution in [3.05, 3.63) is 47.7 Å². The van der Waals surface area contributed by atoms with E-state index in [0.29, 0.717) is 13.2 Å². The highest BCUT2D eigenvalue weighted by molar-refractivity contribution is 6.69. The molecule has 6 atom stereocenters. The number of fused-ring (bicyclic) bond motifs is 2. The van der Waals surface area contributed by atoms with Gasteiger partial charge in [0.05, 0.1) is 30.7 Å². The molecule has 1 aromatic rings. The molecule has 0 N–H and O–H groups in total. The Balaban J connectivity index is 1.39. The van der Waals surface area contributed by atoms with Crippen molar-refractivity contribution < 1.29 is 32.8 Å². The number of methoxy groups -OCH3 is 2. The van der Waals surface area contributed by atoms with Crippen LogP contribution in [0.15, 0.2) is 42.2 Å². The van der Waals surface area contributed by atoms with E-state index in [1.165, 1.54) is 5.56 Å². The largest absolute Gasteiger partial charge is 0.492 e. The molecule has 3 aliphatic rings. The van der Waals surface area contributed by atoms with Gasteiger partial charge in [0.25, 0.3) is 0 Å². The van der Waals surface area contributed by atoms with Crippen molar-refractivity contribution in [2.75, 3.05) is 20.8 Å². The third-order valence-electron chi connectivity index (χ3n) is 8.28. The van der Waals surface area contributed by atoms with Crippen molar-refractivity contribution in [3.63, 3.8) is 0 Å². The third kappa shape index (κ3) is 7.94. The molecule has 0 saturated carbocycles. The highest BCUT2D eigenvalue weighted by atomic mass is 28.4. The van der Waals surface area contributed by atoms with Crippen molar-refractivity contribution in [2.24, 2.45) is 0 Å². The maximum absolute atomic E-state index is 7.01. The van der Waals surface area contributed by atoms with E-state index < -0.39 is 19.5 Å². The number of benzene rings is 1. The van der Waals surface area contributed by atoms with Gasteiger partial charge in [0, 0.05) is 52.9 Å². The van der Waals surface area contributed by atoms with E-state index in [9.17, 15) is 0 Å². The smallest absolute Gasteiger partial charge is 0.184 e. The molecular weight excluding hydrogens is 512 g/mol. The van der Waals surface area contributed by atoms with E-state index in [1.54, 1.807) is 14.2 Å². The molecule has 3 heterocycles. The van der Waals surface area contributed by atoms with Crippen LogP contribution in [0.5, 0.6) is 0 Å². The fraction of sp³-hybridized carbons (Fsp3) is 0.742. The first-order chi connectivity index (χ1) is 18.5. The summed E-state index contributed by atoms with van der Waals surface area (Å²) in [6.07, 6.45) is 7.74. The van der Waals surface area contributed by atoms with E-state index in [0.717, 1.165) is 50.7 Å². The van der Waals surface area contributed by atoms with Gasteiger partial charge in [-0.05, 0) is 58.0 Å². The predicted molar refractivity (Wildman–Crippen MR) is 154 cm³/mol. The quantitative estimate of drug-likeness (QED) is 0.157. The molecule has 39 heavy (non-hydrogen) atoms. The second-order valence-electron chi connectivity index (χ2n) is 12.6. The average Bonchev–Trinajstić information content (AvgIpc) is 2.88. The molecule has 220 valence electrons. The van der Waals surface area contributed by atoms with E-state index in [2.05, 4.69) is 51.7 Å². The van der Waals surface area contributed by atoms with Gasteiger partial charge >= 0.3 is 0 Å². The van der Waals surface area contributed by atoms with E-state index in [-0.39, 0.29) is 30.7 Å². The molecule has 3 aliphatic heterocycles. The first-order valence-corrected chi connectivity index (χ1v) is 18.0. The zero-order chi connectivity index (χ0) is 28.1. The van der Waals surface area contributed by atoms with Gasteiger partial charge in [-0.2, -0.15) is 0 Å². The predicted octanol–water partition coefficient (Wildman–Crippen LogP) is 6.37. The molecule has 0 bridgehead atoms. The van der Waals surface area contributed by atoms with Crippen LogP contribution in [0.4, 0.5) is 0 Å². The minimum Gasteiger partial charge on any atom is -0.492 e. The fourth-order valence-electron chi connectivity index (χ4n) is 6.14. The average molecular weight is 563 g/mol. The Kier molecular flexibility index (Phi) is 10.3. The molecule has 1 aromatic carbocycles. The second-order valence-corrected chi connectivity index (χ2v) is 17.1. The van der Waals surface area contributed by atoms with E-state index in [4.69, 9.17) is 32.8 Å². The minimum absolute atomic E-state index is 0.00882. The van der Waals surface area contributed by atoms with Gasteiger partial charge in [0.1, 0.15) is 17.3 Å². The minimum atomic E-state index is -1.81. The summed E-state index contributed by atoms with van der Waals surface area (Å²) >= 11 is 0. The molecule has 0 unspecified atom stereocenters. The monoisotopic (exact) mass is 562 g/mol. The zero-order valence-electron chi connectivity index (χ0n) is 25.1. The van der Waals surface area contributed by atoms with E-state index >= 15 is 0 Å². The number of allylic oxidation sites excluding steroid dienone is 1. The lowest BCUT2D eigenvalue weighted by molar-refractivity contribution is -0.327. The normalized spacial score (nSPS) is 32.8. The number of rotatable bonds is 13. The second kappa shape index (κ2) is 13.1. The molecule has 2 saturated heterocycles. The van der Waals surface area contributed by atoms with Crippen LogP contribution in [0.1, 0.15) is 64.4 Å². The Morgan fingerprint density at radius 2 is 1.77 bits per heavy atom. The molecule has 7 nitrogen and oxygen atoms in total. The summed E-state index contributed by atoms with van der Waals surface area (Å²) in [4.78, 5) is 0. The lowest BCUT2D eigenvalue weighted by atomic mass is 9.74. The van der Waals surface area contributed by atoms with Crippen molar-refractivity contribution in [1.82, 2.24) is 0 Å². The standard InChI is InChI=1S/C31H50O7Si/c1-30-18-17-24(15-16-29(32-3)33-4)35-26(30)21-27-31(2,38-30)28(37-39(5,6)7)20-25(36-27)14-11-19-34-22-23-12-9-8-10-13-23/h8-10,12-13,17,25-29H,11,14-16,18-22H2,1-7H3/t25-,26-,27+,28-,30+,31+/m0/s1. The topological polar surface area (TPSA) is 64.6 Å². The molecule has 8 heteroatoms. The number of hydrogen-bond donors (Lipinski definition) is 0. The van der Waals surface area contributed by atoms with Gasteiger partial charge in [-0.15, -0.1) is 0 Å². The first-order valence-electron chi connectivity index (χ1n) is 14.6. The zero-order valence-corrected chi connectivity index (χ0v) is 26.1. The van der Waals surface area contributed by atoms with Gasteiger partial charge < -0.3 is 32.8 Å². The highest BCUT2D eigenvalue weighted by Crippen LogP contribution is 2.50. The van der Waals surface area contributed by atoms with Gasteiger partial charge in [-0.25, -0.2) is 0 Å². The Bertz CT molecular complexity index is 931. The van der Waals surface area contributed by atoms with Crippen LogP contribution < -0.4 is 0 Å². The lowest BCUT2D eigenvalue weighted by Gasteiger charge is -2.59. The summed E-state index contributed by atoms with van der Waals surface area (Å²) in [5, 5.41) is 0. The van der Waals surface area contributed by atoms with Gasteiger partial charge in [0.2, 0.25) is 0 Å². The summed E-state index contributed by atoms with van der Waals surface area (Å²) in [5.74, 6) is 0.988. The van der Waals surface area contributed by atoms with Gasteiger partial charge in [-0.3, -0.25) is 0 Å². The summed E-state index contributed by atoms with van der Waals surface area (Å²) in [6, 6.07) is 10.3. The molecule has 4 rings (SSSR count). The van der Waals surface area contributed by atoms with Crippen molar-refractivity contribution >= 4 is 8.32 Å². The number of hydrogen-bond acceptors (Lipinski definition) is 7. The van der Waals surface area contributed by atoms with Crippen LogP contribution in [-0.4, -0.2) is 71.1 Å². The maximum Gasteiger partial charge on any atom is 0.184 e. The number of ether oxygens (including phenoxy) is 6. The molecule has 0 aliphatic carbocycles. The molecule has 2 fully saturated rings. The van der Waals surface area contributed by atoms with Gasteiger partial charge in [-0.1, -0.05) is 30.3 Å². The third-order valence-corrected chi connectivity index (χ3v) is 9.27. The van der Waals surface area contributed by atoms with Crippen LogP contribution in [0.2, 0.25) is 19.6 Å². The molecule has 0 radical (unpaired) electrons. The summed E-state index contributed by atoms with van der Waals surface area (Å²) in [7, 11) is 1.52. The van der Waals surface area contributed by atoms with Crippen molar-refractivity contribution in [3.8, 4) is 0 Å². The highest BCUT2D eigenvalue weighted by Gasteiger charge is 2.60. The molecule has 0 spiro atoms. The summed E-state index contributed by atoms with van der Waals surface area (Å²) in [6.45, 7) is 12.5. The Morgan fingerprint density at radius 1 is 1.03 bits per heavy atom.